The summed E-state index contributed by atoms with van der Waals surface area (Å²) in [6.07, 6.45) is 1.77. The molecule has 0 amide bonds. The Morgan fingerprint density at radius 2 is 1.76 bits per heavy atom. The van der Waals surface area contributed by atoms with E-state index < -0.39 is 25.7 Å². The summed E-state index contributed by atoms with van der Waals surface area (Å²) < 4.78 is 55.7. The molecular formula is C16H23NO6S2. The van der Waals surface area contributed by atoms with E-state index in [1.165, 1.54) is 6.07 Å². The summed E-state index contributed by atoms with van der Waals surface area (Å²) in [4.78, 5) is 4.63. The van der Waals surface area contributed by atoms with Gasteiger partial charge in [0.2, 0.25) is 0 Å². The van der Waals surface area contributed by atoms with Crippen molar-refractivity contribution in [3.05, 3.63) is 23.8 Å². The summed E-state index contributed by atoms with van der Waals surface area (Å²) in [5.41, 5.74) is 1.99. The Labute approximate surface area is 149 Å². The number of hydrogen-bond acceptors (Lipinski definition) is 7. The molecule has 1 heterocycles. The van der Waals surface area contributed by atoms with Gasteiger partial charge < -0.3 is 0 Å². The van der Waals surface area contributed by atoms with Crippen molar-refractivity contribution < 1.29 is 25.2 Å². The second-order valence-corrected chi connectivity index (χ2v) is 9.78. The summed E-state index contributed by atoms with van der Waals surface area (Å²) in [5.74, 6) is -0.0410. The molecule has 0 aromatic heterocycles. The van der Waals surface area contributed by atoms with Crippen molar-refractivity contribution in [1.82, 2.24) is 0 Å². The lowest BCUT2D eigenvalue weighted by atomic mass is 9.76. The largest absolute Gasteiger partial charge is 0.296 e. The van der Waals surface area contributed by atoms with Crippen LogP contribution in [0, 0.1) is 0 Å². The van der Waals surface area contributed by atoms with Crippen molar-refractivity contribution in [3.63, 3.8) is 0 Å². The van der Waals surface area contributed by atoms with Gasteiger partial charge in [0.25, 0.3) is 20.2 Å². The zero-order valence-electron chi connectivity index (χ0n) is 14.8. The van der Waals surface area contributed by atoms with Gasteiger partial charge in [-0.3, -0.25) is 13.4 Å². The maximum Gasteiger partial charge on any atom is 0.296 e. The number of nitrogens with zero attached hydrogens (tertiary/aromatic N) is 1. The summed E-state index contributed by atoms with van der Waals surface area (Å²) in [7, 11) is -4.97. The number of fused-ring (bicyclic) bond motifs is 1. The minimum absolute atomic E-state index is 0.0410. The molecule has 0 fully saturated rings. The lowest BCUT2D eigenvalue weighted by molar-refractivity contribution is 0.394. The van der Waals surface area contributed by atoms with E-state index in [4.69, 9.17) is 0 Å². The van der Waals surface area contributed by atoms with Gasteiger partial charge in [-0.15, -0.1) is 0 Å². The van der Waals surface area contributed by atoms with Gasteiger partial charge >= 0.3 is 0 Å². The van der Waals surface area contributed by atoms with Crippen LogP contribution in [0.15, 0.2) is 28.1 Å². The molecule has 0 spiro atoms. The van der Waals surface area contributed by atoms with Crippen LogP contribution in [0.4, 0.5) is 5.69 Å². The van der Waals surface area contributed by atoms with Crippen LogP contribution >= 0.6 is 0 Å². The standard InChI is InChI=1S/C16H23NO6S2/c1-12-16(2,9-5-6-10-24(18,19)22-3)14-11-13(25(20,21)23-4)7-8-15(14)17-12/h7-8,11H,5-6,9-10H2,1-4H3. The number of aliphatic imine (C=N–C) groups is 1. The first kappa shape index (κ1) is 20.0. The van der Waals surface area contributed by atoms with Crippen LogP contribution in [-0.2, 0) is 34.0 Å². The molecule has 9 heteroatoms. The lowest BCUT2D eigenvalue weighted by Crippen LogP contribution is -2.28. The fraction of sp³-hybridized carbons (Fsp3) is 0.562. The highest BCUT2D eigenvalue weighted by atomic mass is 32.2. The van der Waals surface area contributed by atoms with Gasteiger partial charge in [-0.25, -0.2) is 0 Å². The maximum absolute atomic E-state index is 12.0. The third-order valence-corrected chi connectivity index (χ3v) is 7.30. The number of unbranched alkanes of at least 4 members (excludes halogenated alkanes) is 1. The average molecular weight is 389 g/mol. The molecule has 7 nitrogen and oxygen atoms in total. The smallest absolute Gasteiger partial charge is 0.273 e. The van der Waals surface area contributed by atoms with Crippen LogP contribution in [0.1, 0.15) is 38.7 Å². The topological polar surface area (TPSA) is 99.1 Å². The number of hydrogen-bond donors (Lipinski definition) is 0. The molecule has 2 rings (SSSR count). The van der Waals surface area contributed by atoms with Crippen molar-refractivity contribution in [1.29, 1.82) is 0 Å². The summed E-state index contributed by atoms with van der Waals surface area (Å²) >= 11 is 0. The highest BCUT2D eigenvalue weighted by Crippen LogP contribution is 2.44. The SMILES string of the molecule is COS(=O)(=O)CCCCC1(C)C(C)=Nc2ccc(S(=O)(=O)OC)cc21. The van der Waals surface area contributed by atoms with E-state index in [0.29, 0.717) is 19.3 Å². The third kappa shape index (κ3) is 4.11. The van der Waals surface area contributed by atoms with E-state index in [1.54, 1.807) is 12.1 Å². The molecule has 1 atom stereocenters. The molecule has 0 saturated heterocycles. The van der Waals surface area contributed by atoms with E-state index in [9.17, 15) is 16.8 Å². The van der Waals surface area contributed by atoms with Crippen molar-refractivity contribution in [3.8, 4) is 0 Å². The van der Waals surface area contributed by atoms with Crippen molar-refractivity contribution >= 4 is 31.6 Å². The molecule has 0 aliphatic carbocycles. The number of benzene rings is 1. The molecule has 1 unspecified atom stereocenters. The van der Waals surface area contributed by atoms with Crippen molar-refractivity contribution in [2.75, 3.05) is 20.0 Å². The quantitative estimate of drug-likeness (QED) is 0.500. The summed E-state index contributed by atoms with van der Waals surface area (Å²) in [6.45, 7) is 3.89. The molecule has 0 bridgehead atoms. The van der Waals surface area contributed by atoms with E-state index in [1.807, 2.05) is 13.8 Å². The van der Waals surface area contributed by atoms with E-state index in [-0.39, 0.29) is 10.6 Å². The minimum atomic E-state index is -3.78. The molecule has 0 saturated carbocycles. The Kier molecular flexibility index (Phi) is 5.72. The van der Waals surface area contributed by atoms with Gasteiger partial charge in [0, 0.05) is 11.1 Å². The van der Waals surface area contributed by atoms with E-state index in [0.717, 1.165) is 31.2 Å². The van der Waals surface area contributed by atoms with Crippen LogP contribution in [-0.4, -0.2) is 42.5 Å². The summed E-state index contributed by atoms with van der Waals surface area (Å²) in [6, 6.07) is 4.75. The Bertz CT molecular complexity index is 889. The zero-order valence-corrected chi connectivity index (χ0v) is 16.4. The molecule has 1 aromatic rings. The molecule has 0 radical (unpaired) electrons. The fourth-order valence-corrected chi connectivity index (χ4v) is 4.38. The zero-order chi connectivity index (χ0) is 18.9. The second-order valence-electron chi connectivity index (χ2n) is 6.21. The Hall–Kier alpha value is -1.29. The van der Waals surface area contributed by atoms with Gasteiger partial charge in [0.1, 0.15) is 0 Å². The van der Waals surface area contributed by atoms with Crippen LogP contribution in [0.2, 0.25) is 0 Å². The summed E-state index contributed by atoms with van der Waals surface area (Å²) in [5, 5.41) is 0. The predicted molar refractivity (Wildman–Crippen MR) is 95.4 cm³/mol. The Morgan fingerprint density at radius 1 is 1.08 bits per heavy atom. The van der Waals surface area contributed by atoms with Crippen LogP contribution in [0.3, 0.4) is 0 Å². The monoisotopic (exact) mass is 389 g/mol. The predicted octanol–water partition coefficient (Wildman–Crippen LogP) is 2.53. The molecule has 25 heavy (non-hydrogen) atoms. The number of rotatable bonds is 8. The van der Waals surface area contributed by atoms with Gasteiger partial charge in [-0.05, 0) is 43.5 Å². The molecule has 0 N–H and O–H groups in total. The van der Waals surface area contributed by atoms with Crippen molar-refractivity contribution in [2.24, 2.45) is 4.99 Å². The third-order valence-electron chi connectivity index (χ3n) is 4.73. The van der Waals surface area contributed by atoms with Gasteiger partial charge in [-0.2, -0.15) is 16.8 Å². The van der Waals surface area contributed by atoms with Crippen LogP contribution < -0.4 is 0 Å². The molecular weight excluding hydrogens is 366 g/mol. The Morgan fingerprint density at radius 3 is 2.36 bits per heavy atom. The molecule has 1 aromatic carbocycles. The van der Waals surface area contributed by atoms with E-state index >= 15 is 0 Å². The van der Waals surface area contributed by atoms with Crippen LogP contribution in [0.5, 0.6) is 0 Å². The van der Waals surface area contributed by atoms with Crippen LogP contribution in [0.25, 0.3) is 0 Å². The highest BCUT2D eigenvalue weighted by molar-refractivity contribution is 7.87. The van der Waals surface area contributed by atoms with Crippen molar-refractivity contribution in [2.45, 2.75) is 43.4 Å². The lowest BCUT2D eigenvalue weighted by Gasteiger charge is -2.26. The van der Waals surface area contributed by atoms with E-state index in [2.05, 4.69) is 13.4 Å². The maximum atomic E-state index is 12.0. The molecule has 140 valence electrons. The fourth-order valence-electron chi connectivity index (χ4n) is 2.96. The molecule has 1 aliphatic rings. The van der Waals surface area contributed by atoms with Gasteiger partial charge in [0.15, 0.2) is 0 Å². The first-order chi connectivity index (χ1) is 11.6. The van der Waals surface area contributed by atoms with Gasteiger partial charge in [0.05, 0.1) is 30.6 Å². The first-order valence-electron chi connectivity index (χ1n) is 7.85. The Balaban J connectivity index is 2.23. The minimum Gasteiger partial charge on any atom is -0.273 e. The molecule has 1 aliphatic heterocycles. The first-order valence-corrected chi connectivity index (χ1v) is 10.8. The highest BCUT2D eigenvalue weighted by Gasteiger charge is 2.37. The second kappa shape index (κ2) is 7.14. The van der Waals surface area contributed by atoms with Gasteiger partial charge in [-0.1, -0.05) is 13.3 Å². The normalized spacial score (nSPS) is 20.4. The average Bonchev–Trinajstić information content (AvgIpc) is 2.82.